The Balaban J connectivity index is 2.60. The molecule has 0 spiro atoms. The van der Waals surface area contributed by atoms with E-state index < -0.39 is 45.8 Å². The van der Waals surface area contributed by atoms with E-state index in [1.54, 1.807) is 0 Å². The second kappa shape index (κ2) is 8.64. The zero-order valence-electron chi connectivity index (χ0n) is 14.7. The Morgan fingerprint density at radius 3 is 2.29 bits per heavy atom. The van der Waals surface area contributed by atoms with Crippen LogP contribution in [0.3, 0.4) is 0 Å². The first-order valence-corrected chi connectivity index (χ1v) is 9.99. The maximum atomic E-state index is 13.8. The molecule has 0 aliphatic rings. The maximum absolute atomic E-state index is 13.8. The minimum atomic E-state index is -4.89. The van der Waals surface area contributed by atoms with Gasteiger partial charge in [-0.15, -0.1) is 0 Å². The fraction of sp³-hybridized carbons (Fsp3) is 0.353. The summed E-state index contributed by atoms with van der Waals surface area (Å²) in [5.41, 5.74) is -0.868. The van der Waals surface area contributed by atoms with Gasteiger partial charge in [-0.25, -0.2) is 8.42 Å². The van der Waals surface area contributed by atoms with E-state index in [0.29, 0.717) is 4.31 Å². The summed E-state index contributed by atoms with van der Waals surface area (Å²) in [6.07, 6.45) is -3.97. The van der Waals surface area contributed by atoms with E-state index in [9.17, 15) is 26.4 Å². The number of rotatable bonds is 7. The molecule has 0 saturated heterocycles. The van der Waals surface area contributed by atoms with Crippen LogP contribution in [0.1, 0.15) is 18.5 Å². The third kappa shape index (κ3) is 4.75. The van der Waals surface area contributed by atoms with E-state index >= 15 is 0 Å². The number of hydrogen-bond donors (Lipinski definition) is 1. The van der Waals surface area contributed by atoms with Gasteiger partial charge in [0, 0.05) is 30.4 Å². The second-order valence-corrected chi connectivity index (χ2v) is 8.15. The Labute approximate surface area is 164 Å². The fourth-order valence-corrected chi connectivity index (χ4v) is 4.49. The first kappa shape index (κ1) is 22.4. The number of halogens is 4. The van der Waals surface area contributed by atoms with Crippen LogP contribution in [0.4, 0.5) is 13.2 Å². The van der Waals surface area contributed by atoms with Gasteiger partial charge in [-0.05, 0) is 23.8 Å². The Kier molecular flexibility index (Phi) is 6.92. The molecule has 2 rings (SSSR count). The van der Waals surface area contributed by atoms with E-state index in [2.05, 4.69) is 0 Å². The summed E-state index contributed by atoms with van der Waals surface area (Å²) < 4.78 is 68.7. The molecule has 1 atom stereocenters. The number of sulfonamides is 1. The van der Waals surface area contributed by atoms with Crippen molar-refractivity contribution in [1.29, 1.82) is 0 Å². The molecule has 6 nitrogen and oxygen atoms in total. The molecule has 1 N–H and O–H groups in total. The summed E-state index contributed by atoms with van der Waals surface area (Å²) >= 11 is 5.73. The van der Waals surface area contributed by atoms with Crippen LogP contribution in [0.15, 0.2) is 52.3 Å². The summed E-state index contributed by atoms with van der Waals surface area (Å²) in [5.74, 6) is 0. The minimum Gasteiger partial charge on any atom is -0.395 e. The molecule has 28 heavy (non-hydrogen) atoms. The summed E-state index contributed by atoms with van der Waals surface area (Å²) in [6.45, 7) is 0.204. The van der Waals surface area contributed by atoms with E-state index in [0.717, 1.165) is 35.0 Å². The average Bonchev–Trinajstić information content (AvgIpc) is 2.61. The van der Waals surface area contributed by atoms with Gasteiger partial charge in [0.1, 0.15) is 6.04 Å². The third-order valence-corrected chi connectivity index (χ3v) is 6.17. The predicted molar refractivity (Wildman–Crippen MR) is 97.6 cm³/mol. The lowest BCUT2D eigenvalue weighted by Gasteiger charge is -2.32. The third-order valence-electron chi connectivity index (χ3n) is 4.00. The normalized spacial score (nSPS) is 13.7. The highest BCUT2D eigenvalue weighted by molar-refractivity contribution is 7.89. The molecular formula is C17H18ClF3N2O4S. The number of alkyl halides is 3. The van der Waals surface area contributed by atoms with Crippen LogP contribution in [0.5, 0.6) is 0 Å². The fourth-order valence-electron chi connectivity index (χ4n) is 2.73. The Bertz CT molecular complexity index is 975. The minimum absolute atomic E-state index is 0.186. The first-order chi connectivity index (χ1) is 13.0. The van der Waals surface area contributed by atoms with Gasteiger partial charge in [-0.3, -0.25) is 4.79 Å². The highest BCUT2D eigenvalue weighted by Gasteiger charge is 2.48. The van der Waals surface area contributed by atoms with E-state index in [1.807, 2.05) is 0 Å². The molecule has 1 heterocycles. The lowest BCUT2D eigenvalue weighted by Crippen LogP contribution is -2.42. The number of aliphatic hydroxyl groups excluding tert-OH is 1. The smallest absolute Gasteiger partial charge is 0.395 e. The SMILES string of the molecule is CCN([C@H](c1ccc(Cl)cc1)C(F)(F)F)S(=O)(=O)c1ccc(=O)n(CCO)c1. The molecule has 0 fully saturated rings. The van der Waals surface area contributed by atoms with Crippen molar-refractivity contribution in [1.82, 2.24) is 8.87 Å². The van der Waals surface area contributed by atoms with Gasteiger partial charge in [0.05, 0.1) is 11.5 Å². The lowest BCUT2D eigenvalue weighted by molar-refractivity contribution is -0.173. The molecule has 0 aliphatic carbocycles. The molecule has 0 unspecified atom stereocenters. The van der Waals surface area contributed by atoms with Gasteiger partial charge >= 0.3 is 6.18 Å². The largest absolute Gasteiger partial charge is 0.409 e. The first-order valence-electron chi connectivity index (χ1n) is 8.17. The predicted octanol–water partition coefficient (Wildman–Crippen LogP) is 2.81. The van der Waals surface area contributed by atoms with E-state index in [-0.39, 0.29) is 17.1 Å². The monoisotopic (exact) mass is 438 g/mol. The maximum Gasteiger partial charge on any atom is 0.409 e. The molecule has 0 saturated carbocycles. The number of benzene rings is 1. The average molecular weight is 439 g/mol. The van der Waals surface area contributed by atoms with Crippen LogP contribution in [0, 0.1) is 0 Å². The Morgan fingerprint density at radius 2 is 1.79 bits per heavy atom. The standard InChI is InChI=1S/C17H18ClF3N2O4S/c1-2-23(16(17(19,20)21)12-3-5-13(18)6-4-12)28(26,27)14-7-8-15(25)22(11-14)9-10-24/h3-8,11,16,24H,2,9-10H2,1H3/t16-/m1/s1. The van der Waals surface area contributed by atoms with Gasteiger partial charge in [-0.2, -0.15) is 17.5 Å². The zero-order chi connectivity index (χ0) is 21.1. The van der Waals surface area contributed by atoms with E-state index in [4.69, 9.17) is 16.7 Å². The molecule has 1 aromatic carbocycles. The highest BCUT2D eigenvalue weighted by atomic mass is 35.5. The molecule has 0 amide bonds. The summed E-state index contributed by atoms with van der Waals surface area (Å²) in [4.78, 5) is 11.2. The zero-order valence-corrected chi connectivity index (χ0v) is 16.3. The quantitative estimate of drug-likeness (QED) is 0.721. The molecule has 154 valence electrons. The molecule has 0 bridgehead atoms. The van der Waals surface area contributed by atoms with Crippen molar-refractivity contribution < 1.29 is 26.7 Å². The Hall–Kier alpha value is -1.88. The van der Waals surface area contributed by atoms with Crippen molar-refractivity contribution in [2.45, 2.75) is 30.6 Å². The highest BCUT2D eigenvalue weighted by Crippen LogP contribution is 2.40. The van der Waals surface area contributed by atoms with Gasteiger partial charge < -0.3 is 9.67 Å². The molecule has 2 aromatic rings. The van der Waals surface area contributed by atoms with Crippen molar-refractivity contribution in [2.24, 2.45) is 0 Å². The summed E-state index contributed by atoms with van der Waals surface area (Å²) in [7, 11) is -4.61. The number of pyridine rings is 1. The van der Waals surface area contributed by atoms with Crippen LogP contribution in [-0.2, 0) is 16.6 Å². The van der Waals surface area contributed by atoms with E-state index in [1.165, 1.54) is 19.1 Å². The van der Waals surface area contributed by atoms with Crippen molar-refractivity contribution in [3.05, 3.63) is 63.5 Å². The van der Waals surface area contributed by atoms with Crippen molar-refractivity contribution in [3.8, 4) is 0 Å². The molecular weight excluding hydrogens is 421 g/mol. The summed E-state index contributed by atoms with van der Waals surface area (Å²) in [6, 6.07) is 4.18. The van der Waals surface area contributed by atoms with Crippen LogP contribution in [0.25, 0.3) is 0 Å². The number of aromatic nitrogens is 1. The van der Waals surface area contributed by atoms with Crippen LogP contribution < -0.4 is 5.56 Å². The van der Waals surface area contributed by atoms with Gasteiger partial charge in [-0.1, -0.05) is 30.7 Å². The van der Waals surface area contributed by atoms with Crippen molar-refractivity contribution in [3.63, 3.8) is 0 Å². The topological polar surface area (TPSA) is 79.6 Å². The van der Waals surface area contributed by atoms with Gasteiger partial charge in [0.25, 0.3) is 5.56 Å². The van der Waals surface area contributed by atoms with Gasteiger partial charge in [0.2, 0.25) is 10.0 Å². The Morgan fingerprint density at radius 1 is 1.18 bits per heavy atom. The molecule has 0 radical (unpaired) electrons. The molecule has 1 aromatic heterocycles. The molecule has 0 aliphatic heterocycles. The lowest BCUT2D eigenvalue weighted by atomic mass is 10.1. The van der Waals surface area contributed by atoms with Crippen molar-refractivity contribution >= 4 is 21.6 Å². The van der Waals surface area contributed by atoms with Crippen LogP contribution >= 0.6 is 11.6 Å². The van der Waals surface area contributed by atoms with Crippen molar-refractivity contribution in [2.75, 3.05) is 13.2 Å². The van der Waals surface area contributed by atoms with Gasteiger partial charge in [0.15, 0.2) is 0 Å². The number of nitrogens with zero attached hydrogens (tertiary/aromatic N) is 2. The number of hydrogen-bond acceptors (Lipinski definition) is 4. The molecule has 11 heteroatoms. The summed E-state index contributed by atoms with van der Waals surface area (Å²) in [5, 5.41) is 9.19. The van der Waals surface area contributed by atoms with Crippen LogP contribution in [-0.4, -0.2) is 41.7 Å². The number of aliphatic hydroxyl groups is 1. The van der Waals surface area contributed by atoms with Crippen LogP contribution in [0.2, 0.25) is 5.02 Å². The second-order valence-electron chi connectivity index (χ2n) is 5.82.